The Morgan fingerprint density at radius 2 is 2.06 bits per heavy atom. The molecule has 2 N–H and O–H groups in total. The molecule has 1 atom stereocenters. The van der Waals surface area contributed by atoms with Crippen LogP contribution in [0.15, 0.2) is 24.3 Å². The van der Waals surface area contributed by atoms with Crippen molar-refractivity contribution >= 4 is 0 Å². The lowest BCUT2D eigenvalue weighted by Gasteiger charge is -2.31. The summed E-state index contributed by atoms with van der Waals surface area (Å²) in [5.74, 6) is 0.819. The topological polar surface area (TPSA) is 41.5 Å². The monoisotopic (exact) mass is 239 g/mol. The number of ether oxygens (including phenoxy) is 1. The smallest absolute Gasteiger partial charge is 0.123 e. The lowest BCUT2D eigenvalue weighted by molar-refractivity contribution is 0.0914. The average molecular weight is 239 g/mol. The number of hydrogen-bond donors (Lipinski definition) is 2. The third kappa shape index (κ3) is 2.76. The Hall–Kier alpha value is -1.13. The molecule has 0 spiro atoms. The molecule has 0 aliphatic heterocycles. The molecule has 4 heteroatoms. The second-order valence-electron chi connectivity index (χ2n) is 4.58. The summed E-state index contributed by atoms with van der Waals surface area (Å²) in [7, 11) is 1.84. The van der Waals surface area contributed by atoms with Crippen molar-refractivity contribution in [2.75, 3.05) is 20.3 Å². The molecule has 1 aliphatic rings. The zero-order valence-electron chi connectivity index (χ0n) is 9.95. The normalized spacial score (nSPS) is 18.8. The predicted molar refractivity (Wildman–Crippen MR) is 63.5 cm³/mol. The Kier molecular flexibility index (Phi) is 3.64. The quantitative estimate of drug-likeness (QED) is 0.791. The van der Waals surface area contributed by atoms with Gasteiger partial charge in [0.15, 0.2) is 0 Å². The predicted octanol–water partition coefficient (Wildman–Crippen LogP) is 1.56. The van der Waals surface area contributed by atoms with Crippen molar-refractivity contribution < 1.29 is 14.2 Å². The van der Waals surface area contributed by atoms with Crippen molar-refractivity contribution in [3.8, 4) is 5.75 Å². The maximum Gasteiger partial charge on any atom is 0.123 e. The van der Waals surface area contributed by atoms with Crippen LogP contribution in [-0.4, -0.2) is 30.9 Å². The van der Waals surface area contributed by atoms with E-state index in [1.165, 1.54) is 12.1 Å². The van der Waals surface area contributed by atoms with Gasteiger partial charge in [0.05, 0.1) is 12.1 Å². The fourth-order valence-corrected chi connectivity index (χ4v) is 2.03. The van der Waals surface area contributed by atoms with Crippen LogP contribution in [0, 0.1) is 11.7 Å². The van der Waals surface area contributed by atoms with Gasteiger partial charge < -0.3 is 15.2 Å². The van der Waals surface area contributed by atoms with Gasteiger partial charge in [0.1, 0.15) is 18.2 Å². The molecule has 0 heterocycles. The highest BCUT2D eigenvalue weighted by Gasteiger charge is 2.44. The highest BCUT2D eigenvalue weighted by atomic mass is 19.1. The summed E-state index contributed by atoms with van der Waals surface area (Å²) in [5.41, 5.74) is -0.367. The van der Waals surface area contributed by atoms with Gasteiger partial charge in [-0.1, -0.05) is 0 Å². The van der Waals surface area contributed by atoms with E-state index in [4.69, 9.17) is 4.74 Å². The molecule has 2 rings (SSSR count). The molecule has 1 saturated carbocycles. The molecule has 0 radical (unpaired) electrons. The van der Waals surface area contributed by atoms with Gasteiger partial charge in [-0.3, -0.25) is 0 Å². The van der Waals surface area contributed by atoms with Crippen LogP contribution in [0.2, 0.25) is 0 Å². The van der Waals surface area contributed by atoms with E-state index in [0.29, 0.717) is 18.3 Å². The summed E-state index contributed by atoms with van der Waals surface area (Å²) >= 11 is 0. The van der Waals surface area contributed by atoms with Crippen LogP contribution >= 0.6 is 0 Å². The van der Waals surface area contributed by atoms with E-state index < -0.39 is 0 Å². The fourth-order valence-electron chi connectivity index (χ4n) is 2.03. The summed E-state index contributed by atoms with van der Waals surface area (Å²) in [6, 6.07) is 5.93. The third-order valence-corrected chi connectivity index (χ3v) is 3.45. The molecule has 0 aromatic heterocycles. The molecule has 3 nitrogen and oxygen atoms in total. The molecule has 1 aliphatic carbocycles. The standard InChI is InChI=1S/C13H18FNO2/c1-15-13(8-16,10-2-3-10)9-17-12-6-4-11(14)5-7-12/h4-7,10,15-16H,2-3,8-9H2,1H3. The van der Waals surface area contributed by atoms with Crippen molar-refractivity contribution in [1.82, 2.24) is 5.32 Å². The maximum absolute atomic E-state index is 12.7. The second-order valence-corrected chi connectivity index (χ2v) is 4.58. The number of rotatable bonds is 6. The van der Waals surface area contributed by atoms with Crippen LogP contribution in [0.25, 0.3) is 0 Å². The van der Waals surface area contributed by atoms with E-state index in [-0.39, 0.29) is 18.0 Å². The SMILES string of the molecule is CNC(CO)(COc1ccc(F)cc1)C1CC1. The van der Waals surface area contributed by atoms with Crippen molar-refractivity contribution in [2.45, 2.75) is 18.4 Å². The fraction of sp³-hybridized carbons (Fsp3) is 0.538. The minimum atomic E-state index is -0.367. The van der Waals surface area contributed by atoms with Crippen LogP contribution < -0.4 is 10.1 Å². The van der Waals surface area contributed by atoms with E-state index >= 15 is 0 Å². The molecular weight excluding hydrogens is 221 g/mol. The Bertz CT molecular complexity index is 358. The molecule has 1 unspecified atom stereocenters. The number of aliphatic hydroxyl groups is 1. The molecular formula is C13H18FNO2. The summed E-state index contributed by atoms with van der Waals surface area (Å²) in [6.45, 7) is 0.450. The first kappa shape index (κ1) is 12.3. The van der Waals surface area contributed by atoms with E-state index in [2.05, 4.69) is 5.32 Å². The van der Waals surface area contributed by atoms with Gasteiger partial charge >= 0.3 is 0 Å². The lowest BCUT2D eigenvalue weighted by Crippen LogP contribution is -2.53. The minimum absolute atomic E-state index is 0.0510. The third-order valence-electron chi connectivity index (χ3n) is 3.45. The summed E-state index contributed by atoms with van der Waals surface area (Å²) in [6.07, 6.45) is 2.24. The lowest BCUT2D eigenvalue weighted by atomic mass is 9.95. The van der Waals surface area contributed by atoms with E-state index in [1.807, 2.05) is 7.05 Å². The number of hydrogen-bond acceptors (Lipinski definition) is 3. The van der Waals surface area contributed by atoms with Gasteiger partial charge in [-0.25, -0.2) is 4.39 Å². The summed E-state index contributed by atoms with van der Waals surface area (Å²) < 4.78 is 18.3. The number of nitrogens with one attached hydrogen (secondary N) is 1. The first-order valence-electron chi connectivity index (χ1n) is 5.88. The molecule has 17 heavy (non-hydrogen) atoms. The Balaban J connectivity index is 1.97. The van der Waals surface area contributed by atoms with E-state index in [9.17, 15) is 9.50 Å². The highest BCUT2D eigenvalue weighted by Crippen LogP contribution is 2.39. The van der Waals surface area contributed by atoms with Gasteiger partial charge in [-0.05, 0) is 50.1 Å². The molecule has 1 aromatic rings. The first-order chi connectivity index (χ1) is 8.20. The van der Waals surface area contributed by atoms with Crippen molar-refractivity contribution in [3.63, 3.8) is 0 Å². The van der Waals surface area contributed by atoms with Crippen LogP contribution in [0.3, 0.4) is 0 Å². The van der Waals surface area contributed by atoms with Gasteiger partial charge in [-0.15, -0.1) is 0 Å². The van der Waals surface area contributed by atoms with Gasteiger partial charge in [0.2, 0.25) is 0 Å². The maximum atomic E-state index is 12.7. The first-order valence-corrected chi connectivity index (χ1v) is 5.88. The highest BCUT2D eigenvalue weighted by molar-refractivity contribution is 5.22. The number of aliphatic hydroxyl groups excluding tert-OH is 1. The Morgan fingerprint density at radius 3 is 2.53 bits per heavy atom. The van der Waals surface area contributed by atoms with Gasteiger partial charge in [0.25, 0.3) is 0 Å². The molecule has 1 fully saturated rings. The Labute approximate surface area is 101 Å². The zero-order valence-corrected chi connectivity index (χ0v) is 9.95. The molecule has 0 saturated heterocycles. The minimum Gasteiger partial charge on any atom is -0.492 e. The van der Waals surface area contributed by atoms with Crippen LogP contribution in [0.5, 0.6) is 5.75 Å². The largest absolute Gasteiger partial charge is 0.492 e. The number of benzene rings is 1. The number of halogens is 1. The second kappa shape index (κ2) is 5.02. The Morgan fingerprint density at radius 1 is 1.41 bits per heavy atom. The average Bonchev–Trinajstić information content (AvgIpc) is 3.18. The molecule has 0 bridgehead atoms. The summed E-state index contributed by atoms with van der Waals surface area (Å²) in [5, 5.41) is 12.7. The molecule has 94 valence electrons. The van der Waals surface area contributed by atoms with Crippen molar-refractivity contribution in [1.29, 1.82) is 0 Å². The van der Waals surface area contributed by atoms with Crippen molar-refractivity contribution in [2.24, 2.45) is 5.92 Å². The van der Waals surface area contributed by atoms with Gasteiger partial charge in [0, 0.05) is 0 Å². The van der Waals surface area contributed by atoms with E-state index in [1.54, 1.807) is 12.1 Å². The van der Waals surface area contributed by atoms with Crippen LogP contribution in [0.1, 0.15) is 12.8 Å². The zero-order chi connectivity index (χ0) is 12.3. The molecule has 1 aromatic carbocycles. The number of likely N-dealkylation sites (N-methyl/N-ethyl adjacent to an activating group) is 1. The van der Waals surface area contributed by atoms with E-state index in [0.717, 1.165) is 12.8 Å². The van der Waals surface area contributed by atoms with Crippen LogP contribution in [0.4, 0.5) is 4.39 Å². The molecule has 0 amide bonds. The van der Waals surface area contributed by atoms with Gasteiger partial charge in [-0.2, -0.15) is 0 Å². The summed E-state index contributed by atoms with van der Waals surface area (Å²) in [4.78, 5) is 0. The van der Waals surface area contributed by atoms with Crippen LogP contribution in [-0.2, 0) is 0 Å². The van der Waals surface area contributed by atoms with Crippen molar-refractivity contribution in [3.05, 3.63) is 30.1 Å².